The van der Waals surface area contributed by atoms with Crippen LogP contribution in [0.4, 0.5) is 32.2 Å². The van der Waals surface area contributed by atoms with E-state index < -0.39 is 53.3 Å². The molecule has 180 valence electrons. The van der Waals surface area contributed by atoms with E-state index in [1.54, 1.807) is 10.2 Å². The molecule has 0 saturated carbocycles. The van der Waals surface area contributed by atoms with Crippen LogP contribution >= 0.6 is 0 Å². The number of amides is 1. The van der Waals surface area contributed by atoms with Gasteiger partial charge in [0.1, 0.15) is 35.2 Å². The summed E-state index contributed by atoms with van der Waals surface area (Å²) in [7, 11) is 0. The number of anilines is 1. The predicted molar refractivity (Wildman–Crippen MR) is 112 cm³/mol. The minimum atomic E-state index is -4.74. The number of alkyl halides is 4. The molecule has 12 heteroatoms. The van der Waals surface area contributed by atoms with Gasteiger partial charge in [0, 0.05) is 12.3 Å². The van der Waals surface area contributed by atoms with E-state index in [4.69, 9.17) is 0 Å². The van der Waals surface area contributed by atoms with Crippen molar-refractivity contribution in [3.05, 3.63) is 63.9 Å². The fourth-order valence-corrected chi connectivity index (χ4v) is 3.65. The summed E-state index contributed by atoms with van der Waals surface area (Å²) >= 11 is 0. The monoisotopic (exact) mass is 484 g/mol. The van der Waals surface area contributed by atoms with Crippen LogP contribution in [0, 0.1) is 11.6 Å². The van der Waals surface area contributed by atoms with Crippen LogP contribution in [0.3, 0.4) is 0 Å². The lowest BCUT2D eigenvalue weighted by atomic mass is 10.1. The van der Waals surface area contributed by atoms with Gasteiger partial charge in [0.05, 0.1) is 24.2 Å². The first-order chi connectivity index (χ1) is 16.0. The number of benzene rings is 1. The highest BCUT2D eigenvalue weighted by Crippen LogP contribution is 2.26. The van der Waals surface area contributed by atoms with Crippen molar-refractivity contribution in [1.29, 1.82) is 0 Å². The van der Waals surface area contributed by atoms with Crippen molar-refractivity contribution in [3.63, 3.8) is 0 Å². The Kier molecular flexibility index (Phi) is 6.00. The average Bonchev–Trinajstić information content (AvgIpc) is 2.75. The number of nitrogens with one attached hydrogen (secondary N) is 1. The Labute approximate surface area is 188 Å². The van der Waals surface area contributed by atoms with Gasteiger partial charge in [-0.2, -0.15) is 13.2 Å². The molecule has 0 bridgehead atoms. The molecule has 1 aliphatic heterocycles. The highest BCUT2D eigenvalue weighted by molar-refractivity contribution is 5.97. The third-order valence-corrected chi connectivity index (χ3v) is 5.52. The maximum atomic E-state index is 14.6. The number of pyridine rings is 2. The highest BCUT2D eigenvalue weighted by Gasteiger charge is 2.39. The van der Waals surface area contributed by atoms with E-state index in [9.17, 15) is 35.9 Å². The Morgan fingerprint density at radius 3 is 2.50 bits per heavy atom. The molecular formula is C22H18F6N4O2. The number of aromatic nitrogens is 2. The predicted octanol–water partition coefficient (Wildman–Crippen LogP) is 3.89. The summed E-state index contributed by atoms with van der Waals surface area (Å²) in [5, 5.41) is 1.60. The molecule has 1 fully saturated rings. The van der Waals surface area contributed by atoms with E-state index in [0.717, 1.165) is 22.9 Å². The fraction of sp³-hybridized carbons (Fsp3) is 0.318. The maximum Gasteiger partial charge on any atom is 0.408 e. The molecular weight excluding hydrogens is 466 g/mol. The van der Waals surface area contributed by atoms with Crippen LogP contribution in [-0.2, 0) is 0 Å². The van der Waals surface area contributed by atoms with Crippen molar-refractivity contribution >= 4 is 22.8 Å². The third-order valence-electron chi connectivity index (χ3n) is 5.52. The molecule has 0 aliphatic carbocycles. The summed E-state index contributed by atoms with van der Waals surface area (Å²) in [5.74, 6) is -2.97. The van der Waals surface area contributed by atoms with Crippen LogP contribution in [0.2, 0.25) is 0 Å². The quantitative estimate of drug-likeness (QED) is 0.558. The van der Waals surface area contributed by atoms with Crippen molar-refractivity contribution in [2.24, 2.45) is 0 Å². The number of nitrogens with zero attached hydrogens (tertiary/aromatic N) is 3. The molecule has 1 atom stereocenters. The van der Waals surface area contributed by atoms with Gasteiger partial charge in [-0.1, -0.05) is 6.92 Å². The van der Waals surface area contributed by atoms with Gasteiger partial charge in [-0.25, -0.2) is 18.2 Å². The van der Waals surface area contributed by atoms with Crippen LogP contribution in [0.15, 0.2) is 41.3 Å². The Hall–Kier alpha value is -3.57. The number of hydrogen-bond acceptors (Lipinski definition) is 4. The lowest BCUT2D eigenvalue weighted by Gasteiger charge is -2.35. The molecule has 34 heavy (non-hydrogen) atoms. The molecule has 3 aromatic rings. The highest BCUT2D eigenvalue weighted by atomic mass is 19.4. The zero-order valence-corrected chi connectivity index (χ0v) is 17.7. The van der Waals surface area contributed by atoms with Crippen LogP contribution in [0.1, 0.15) is 23.7 Å². The molecule has 4 rings (SSSR count). The molecule has 0 radical (unpaired) electrons. The lowest BCUT2D eigenvalue weighted by Crippen LogP contribution is -2.48. The number of carbonyl (C=O) groups excluding carboxylic acids is 1. The van der Waals surface area contributed by atoms with E-state index in [-0.39, 0.29) is 35.6 Å². The molecule has 1 unspecified atom stereocenters. The molecule has 1 saturated heterocycles. The Balaban J connectivity index is 1.90. The summed E-state index contributed by atoms with van der Waals surface area (Å²) < 4.78 is 81.8. The zero-order valence-electron chi connectivity index (χ0n) is 17.7. The van der Waals surface area contributed by atoms with Crippen molar-refractivity contribution in [3.8, 4) is 5.69 Å². The Bertz CT molecular complexity index is 1320. The standard InChI is InChI=1S/C22H18F6N4O2/c1-2-17(22(26,27)28)29-21(34)14-10-32(16-5-3-11(23)7-15(16)25)20-13(19(14)33)4-6-18(30-20)31-8-12(24)9-31/h3-7,10,12,17H,2,8-9H2,1H3,(H,29,34). The molecule has 1 amide bonds. The lowest BCUT2D eigenvalue weighted by molar-refractivity contribution is -0.153. The van der Waals surface area contributed by atoms with Gasteiger partial charge in [-0.3, -0.25) is 14.2 Å². The van der Waals surface area contributed by atoms with E-state index in [1.807, 2.05) is 0 Å². The molecule has 6 nitrogen and oxygen atoms in total. The first-order valence-electron chi connectivity index (χ1n) is 10.3. The minimum absolute atomic E-state index is 0.0595. The summed E-state index contributed by atoms with van der Waals surface area (Å²) in [4.78, 5) is 31.5. The number of halogens is 6. The molecule has 3 heterocycles. The topological polar surface area (TPSA) is 67.2 Å². The maximum absolute atomic E-state index is 14.6. The fourth-order valence-electron chi connectivity index (χ4n) is 3.65. The zero-order chi connectivity index (χ0) is 24.8. The van der Waals surface area contributed by atoms with Gasteiger partial charge in [0.2, 0.25) is 5.43 Å². The number of carbonyl (C=O) groups is 1. The average molecular weight is 484 g/mol. The normalized spacial score (nSPS) is 15.3. The van der Waals surface area contributed by atoms with Crippen molar-refractivity contribution < 1.29 is 31.1 Å². The molecule has 1 aliphatic rings. The summed E-state index contributed by atoms with van der Waals surface area (Å²) in [6.07, 6.45) is -5.41. The van der Waals surface area contributed by atoms with E-state index >= 15 is 0 Å². The van der Waals surface area contributed by atoms with Crippen molar-refractivity contribution in [2.45, 2.75) is 31.7 Å². The third kappa shape index (κ3) is 4.31. The SMILES string of the molecule is CCC(NC(=O)c1cn(-c2ccc(F)cc2F)c2nc(N3CC(F)C3)ccc2c1=O)C(F)(F)F. The van der Waals surface area contributed by atoms with Crippen LogP contribution < -0.4 is 15.6 Å². The van der Waals surface area contributed by atoms with Gasteiger partial charge in [-0.15, -0.1) is 0 Å². The van der Waals surface area contributed by atoms with Crippen LogP contribution in [-0.4, -0.2) is 46.9 Å². The summed E-state index contributed by atoms with van der Waals surface area (Å²) in [6.45, 7) is 1.34. The van der Waals surface area contributed by atoms with Crippen molar-refractivity contribution in [2.75, 3.05) is 18.0 Å². The summed E-state index contributed by atoms with van der Waals surface area (Å²) in [6, 6.07) is 3.02. The van der Waals surface area contributed by atoms with E-state index in [0.29, 0.717) is 6.07 Å². The first kappa shape index (κ1) is 23.6. The minimum Gasteiger partial charge on any atom is -0.351 e. The first-order valence-corrected chi connectivity index (χ1v) is 10.3. The van der Waals surface area contributed by atoms with Gasteiger partial charge in [0.25, 0.3) is 5.91 Å². The van der Waals surface area contributed by atoms with Crippen LogP contribution in [0.25, 0.3) is 16.7 Å². The Morgan fingerprint density at radius 1 is 1.21 bits per heavy atom. The summed E-state index contributed by atoms with van der Waals surface area (Å²) in [5.41, 5.74) is -2.02. The second-order valence-corrected chi connectivity index (χ2v) is 7.86. The van der Waals surface area contributed by atoms with Gasteiger partial charge >= 0.3 is 6.18 Å². The number of hydrogen-bond donors (Lipinski definition) is 1. The number of fused-ring (bicyclic) bond motifs is 1. The second kappa shape index (κ2) is 8.65. The Morgan fingerprint density at radius 2 is 1.91 bits per heavy atom. The van der Waals surface area contributed by atoms with Gasteiger partial charge in [-0.05, 0) is 30.7 Å². The van der Waals surface area contributed by atoms with Gasteiger partial charge < -0.3 is 10.2 Å². The van der Waals surface area contributed by atoms with Crippen molar-refractivity contribution in [1.82, 2.24) is 14.9 Å². The second-order valence-electron chi connectivity index (χ2n) is 7.86. The molecule has 0 spiro atoms. The molecule has 1 aromatic carbocycles. The largest absolute Gasteiger partial charge is 0.408 e. The number of rotatable bonds is 5. The van der Waals surface area contributed by atoms with E-state index in [1.165, 1.54) is 19.1 Å². The smallest absolute Gasteiger partial charge is 0.351 e. The molecule has 2 aromatic heterocycles. The van der Waals surface area contributed by atoms with E-state index in [2.05, 4.69) is 4.98 Å². The molecule has 1 N–H and O–H groups in total. The van der Waals surface area contributed by atoms with Gasteiger partial charge in [0.15, 0.2) is 5.65 Å². The van der Waals surface area contributed by atoms with Crippen LogP contribution in [0.5, 0.6) is 0 Å².